The fourth-order valence-electron chi connectivity index (χ4n) is 1.84. The Kier molecular flexibility index (Phi) is 4.75. The van der Waals surface area contributed by atoms with E-state index in [-0.39, 0.29) is 16.7 Å². The van der Waals surface area contributed by atoms with Crippen LogP contribution in [0.25, 0.3) is 11.1 Å². The lowest BCUT2D eigenvalue weighted by molar-refractivity contribution is -0.113. The van der Waals surface area contributed by atoms with Crippen molar-refractivity contribution in [3.05, 3.63) is 52.3 Å². The predicted octanol–water partition coefficient (Wildman–Crippen LogP) is 5.00. The van der Waals surface area contributed by atoms with Gasteiger partial charge in [-0.2, -0.15) is 0 Å². The highest BCUT2D eigenvalue weighted by atomic mass is 35.5. The van der Waals surface area contributed by atoms with Gasteiger partial charge in [0.25, 0.3) is 5.22 Å². The number of hydrogen-bond donors (Lipinski definition) is 1. The minimum atomic E-state index is -0.538. The molecule has 0 atom stereocenters. The number of anilines is 1. The lowest BCUT2D eigenvalue weighted by Gasteiger charge is -2.04. The molecule has 8 heteroatoms. The number of fused-ring (bicyclic) bond motifs is 1. The number of carbonyl (C=O) groups is 1. The van der Waals surface area contributed by atoms with Gasteiger partial charge < -0.3 is 9.73 Å². The summed E-state index contributed by atoms with van der Waals surface area (Å²) < 4.78 is 18.6. The van der Waals surface area contributed by atoms with E-state index in [0.717, 1.165) is 11.8 Å². The van der Waals surface area contributed by atoms with Crippen LogP contribution in [0.2, 0.25) is 10.0 Å². The number of nitrogens with one attached hydrogen (secondary N) is 1. The molecule has 118 valence electrons. The summed E-state index contributed by atoms with van der Waals surface area (Å²) in [6, 6.07) is 9.08. The number of carbonyl (C=O) groups excluding carboxylic acids is 1. The standard InChI is InChI=1S/C15H9Cl2FN2O2S/c16-8-1-4-13-12(5-8)20-15(22-13)23-7-14(21)19-9-2-3-11(18)10(17)6-9/h1-6H,7H2,(H,19,21). The average molecular weight is 371 g/mol. The molecule has 0 saturated carbocycles. The first kappa shape index (κ1) is 16.1. The van der Waals surface area contributed by atoms with Crippen LogP contribution >= 0.6 is 35.0 Å². The number of amides is 1. The molecule has 0 aliphatic carbocycles. The van der Waals surface area contributed by atoms with Crippen molar-refractivity contribution in [2.75, 3.05) is 11.1 Å². The molecule has 3 rings (SSSR count). The molecular weight excluding hydrogens is 362 g/mol. The number of rotatable bonds is 4. The van der Waals surface area contributed by atoms with Gasteiger partial charge in [-0.3, -0.25) is 4.79 Å². The summed E-state index contributed by atoms with van der Waals surface area (Å²) in [6.45, 7) is 0. The van der Waals surface area contributed by atoms with Crippen LogP contribution in [0.4, 0.5) is 10.1 Å². The van der Waals surface area contributed by atoms with E-state index in [1.54, 1.807) is 18.2 Å². The van der Waals surface area contributed by atoms with Gasteiger partial charge in [-0.1, -0.05) is 35.0 Å². The molecule has 1 aromatic heterocycles. The number of halogens is 3. The number of nitrogens with zero attached hydrogens (tertiary/aromatic N) is 1. The van der Waals surface area contributed by atoms with E-state index in [4.69, 9.17) is 27.6 Å². The minimum Gasteiger partial charge on any atom is -0.431 e. The summed E-state index contributed by atoms with van der Waals surface area (Å²) in [5.41, 5.74) is 1.65. The predicted molar refractivity (Wildman–Crippen MR) is 89.8 cm³/mol. The molecule has 1 amide bonds. The number of oxazole rings is 1. The second-order valence-corrected chi connectivity index (χ2v) is 6.33. The molecular formula is C15H9Cl2FN2O2S. The maximum atomic E-state index is 13.1. The third-order valence-electron chi connectivity index (χ3n) is 2.86. The Hall–Kier alpha value is -1.76. The number of thioether (sulfide) groups is 1. The minimum absolute atomic E-state index is 0.0497. The third kappa shape index (κ3) is 3.96. The van der Waals surface area contributed by atoms with Gasteiger partial charge in [0.05, 0.1) is 10.8 Å². The van der Waals surface area contributed by atoms with Gasteiger partial charge >= 0.3 is 0 Å². The maximum absolute atomic E-state index is 13.1. The van der Waals surface area contributed by atoms with Crippen LogP contribution in [0.1, 0.15) is 0 Å². The van der Waals surface area contributed by atoms with Crippen molar-refractivity contribution in [2.45, 2.75) is 5.22 Å². The third-order valence-corrected chi connectivity index (χ3v) is 4.21. The SMILES string of the molecule is O=C(CSc1nc2cc(Cl)ccc2o1)Nc1ccc(F)c(Cl)c1. The van der Waals surface area contributed by atoms with Gasteiger partial charge in [-0.05, 0) is 36.4 Å². The van der Waals surface area contributed by atoms with Crippen molar-refractivity contribution in [2.24, 2.45) is 0 Å². The smallest absolute Gasteiger partial charge is 0.257 e. The van der Waals surface area contributed by atoms with Crippen LogP contribution in [0.5, 0.6) is 0 Å². The molecule has 3 aromatic rings. The molecule has 1 N–H and O–H groups in total. The van der Waals surface area contributed by atoms with Crippen LogP contribution in [-0.2, 0) is 4.79 Å². The second-order valence-electron chi connectivity index (χ2n) is 4.56. The van der Waals surface area contributed by atoms with E-state index in [1.807, 2.05) is 0 Å². The molecule has 0 unspecified atom stereocenters. The molecule has 0 fully saturated rings. The average Bonchev–Trinajstić information content (AvgIpc) is 2.91. The van der Waals surface area contributed by atoms with Crippen LogP contribution < -0.4 is 5.32 Å². The summed E-state index contributed by atoms with van der Waals surface area (Å²) in [6.07, 6.45) is 0. The van der Waals surface area contributed by atoms with Crippen LogP contribution in [-0.4, -0.2) is 16.6 Å². The van der Waals surface area contributed by atoms with Gasteiger partial charge in [-0.25, -0.2) is 9.37 Å². The number of benzene rings is 2. The largest absolute Gasteiger partial charge is 0.431 e. The lowest BCUT2D eigenvalue weighted by Crippen LogP contribution is -2.14. The van der Waals surface area contributed by atoms with Gasteiger partial charge in [0.15, 0.2) is 5.58 Å². The molecule has 23 heavy (non-hydrogen) atoms. The Morgan fingerprint density at radius 1 is 1.26 bits per heavy atom. The maximum Gasteiger partial charge on any atom is 0.257 e. The van der Waals surface area contributed by atoms with Crippen LogP contribution in [0.15, 0.2) is 46.0 Å². The fourth-order valence-corrected chi connectivity index (χ4v) is 2.82. The molecule has 4 nitrogen and oxygen atoms in total. The molecule has 0 aliphatic heterocycles. The van der Waals surface area contributed by atoms with Gasteiger partial charge in [-0.15, -0.1) is 0 Å². The molecule has 0 spiro atoms. The van der Waals surface area contributed by atoms with E-state index in [2.05, 4.69) is 10.3 Å². The second kappa shape index (κ2) is 6.78. The van der Waals surface area contributed by atoms with Crippen molar-refractivity contribution in [1.29, 1.82) is 0 Å². The van der Waals surface area contributed by atoms with Gasteiger partial charge in [0.2, 0.25) is 5.91 Å². The summed E-state index contributed by atoms with van der Waals surface area (Å²) in [5, 5.41) is 3.51. The number of aromatic nitrogens is 1. The summed E-state index contributed by atoms with van der Waals surface area (Å²) >= 11 is 12.7. The van der Waals surface area contributed by atoms with Gasteiger partial charge in [0.1, 0.15) is 11.3 Å². The monoisotopic (exact) mass is 370 g/mol. The summed E-state index contributed by atoms with van der Waals surface area (Å²) in [4.78, 5) is 16.1. The zero-order valence-corrected chi connectivity index (χ0v) is 13.8. The van der Waals surface area contributed by atoms with E-state index < -0.39 is 5.82 Å². The van der Waals surface area contributed by atoms with E-state index >= 15 is 0 Å². The topological polar surface area (TPSA) is 55.1 Å². The molecule has 0 aliphatic rings. The van der Waals surface area contributed by atoms with Crippen molar-refractivity contribution < 1.29 is 13.6 Å². The molecule has 0 saturated heterocycles. The summed E-state index contributed by atoms with van der Waals surface area (Å²) in [5.74, 6) is -0.725. The van der Waals surface area contributed by atoms with E-state index in [0.29, 0.717) is 27.0 Å². The zero-order chi connectivity index (χ0) is 16.4. The Labute approximate surface area is 145 Å². The summed E-state index contributed by atoms with van der Waals surface area (Å²) in [7, 11) is 0. The van der Waals surface area contributed by atoms with Crippen molar-refractivity contribution in [3.8, 4) is 0 Å². The molecule has 0 bridgehead atoms. The molecule has 2 aromatic carbocycles. The number of hydrogen-bond acceptors (Lipinski definition) is 4. The normalized spacial score (nSPS) is 10.9. The highest BCUT2D eigenvalue weighted by molar-refractivity contribution is 7.99. The fraction of sp³-hybridized carbons (Fsp3) is 0.0667. The highest BCUT2D eigenvalue weighted by Gasteiger charge is 2.10. The van der Waals surface area contributed by atoms with E-state index in [9.17, 15) is 9.18 Å². The lowest BCUT2D eigenvalue weighted by atomic mass is 10.3. The zero-order valence-electron chi connectivity index (χ0n) is 11.5. The van der Waals surface area contributed by atoms with Crippen molar-refractivity contribution in [3.63, 3.8) is 0 Å². The van der Waals surface area contributed by atoms with Gasteiger partial charge in [0, 0.05) is 10.7 Å². The first-order valence-corrected chi connectivity index (χ1v) is 8.19. The van der Waals surface area contributed by atoms with E-state index in [1.165, 1.54) is 18.2 Å². The first-order chi connectivity index (χ1) is 11.0. The van der Waals surface area contributed by atoms with Crippen LogP contribution in [0.3, 0.4) is 0 Å². The molecule has 1 heterocycles. The quantitative estimate of drug-likeness (QED) is 0.656. The molecule has 0 radical (unpaired) electrons. The van der Waals surface area contributed by atoms with Crippen LogP contribution in [0, 0.1) is 5.82 Å². The van der Waals surface area contributed by atoms with Crippen molar-refractivity contribution in [1.82, 2.24) is 4.98 Å². The Morgan fingerprint density at radius 2 is 2.09 bits per heavy atom. The Bertz CT molecular complexity index is 885. The van der Waals surface area contributed by atoms with Crippen molar-refractivity contribution >= 4 is 57.7 Å². The Balaban J connectivity index is 1.62. The highest BCUT2D eigenvalue weighted by Crippen LogP contribution is 2.26. The first-order valence-electron chi connectivity index (χ1n) is 6.45. The Morgan fingerprint density at radius 3 is 2.87 bits per heavy atom.